The van der Waals surface area contributed by atoms with Gasteiger partial charge in [0.25, 0.3) is 0 Å². The van der Waals surface area contributed by atoms with Gasteiger partial charge in [0.2, 0.25) is 0 Å². The molecule has 0 aromatic carbocycles. The van der Waals surface area contributed by atoms with Crippen molar-refractivity contribution in [2.75, 3.05) is 5.32 Å². The first-order valence-electron chi connectivity index (χ1n) is 3.90. The van der Waals surface area contributed by atoms with E-state index < -0.39 is 0 Å². The molecular formula is C7H11N3S. The minimum atomic E-state index is 0.664. The second kappa shape index (κ2) is 2.77. The number of anilines is 1. The third kappa shape index (κ3) is 1.35. The van der Waals surface area contributed by atoms with Crippen LogP contribution in [0.4, 0.5) is 5.00 Å². The molecule has 60 valence electrons. The van der Waals surface area contributed by atoms with Crippen LogP contribution < -0.4 is 5.32 Å². The standard InChI is InChI=1S/C7H11N3S/c1-5-2-3-6(5)9-7-4-8-10-11-7/h4-6,9H,2-3H2,1H3. The first kappa shape index (κ1) is 7.03. The summed E-state index contributed by atoms with van der Waals surface area (Å²) < 4.78 is 3.79. The number of nitrogens with one attached hydrogen (secondary N) is 1. The van der Waals surface area contributed by atoms with Gasteiger partial charge in [0.15, 0.2) is 0 Å². The highest BCUT2D eigenvalue weighted by Gasteiger charge is 2.26. The van der Waals surface area contributed by atoms with Crippen molar-refractivity contribution in [3.05, 3.63) is 6.20 Å². The molecule has 1 saturated carbocycles. The Morgan fingerprint density at radius 2 is 2.55 bits per heavy atom. The Balaban J connectivity index is 1.91. The van der Waals surface area contributed by atoms with Gasteiger partial charge < -0.3 is 5.32 Å². The van der Waals surface area contributed by atoms with Crippen molar-refractivity contribution in [3.8, 4) is 0 Å². The summed E-state index contributed by atoms with van der Waals surface area (Å²) in [5, 5.41) is 8.26. The van der Waals surface area contributed by atoms with Crippen LogP contribution in [0.2, 0.25) is 0 Å². The third-order valence-electron chi connectivity index (χ3n) is 2.31. The Hall–Kier alpha value is -0.640. The maximum Gasteiger partial charge on any atom is 0.130 e. The molecule has 4 heteroatoms. The van der Waals surface area contributed by atoms with Gasteiger partial charge in [-0.25, -0.2) is 0 Å². The molecule has 2 atom stereocenters. The summed E-state index contributed by atoms with van der Waals surface area (Å²) >= 11 is 1.43. The minimum Gasteiger partial charge on any atom is -0.371 e. The van der Waals surface area contributed by atoms with Gasteiger partial charge in [-0.15, -0.1) is 5.10 Å². The smallest absolute Gasteiger partial charge is 0.130 e. The van der Waals surface area contributed by atoms with Crippen molar-refractivity contribution < 1.29 is 0 Å². The summed E-state index contributed by atoms with van der Waals surface area (Å²) in [4.78, 5) is 0. The molecule has 1 aliphatic carbocycles. The maximum absolute atomic E-state index is 3.79. The lowest BCUT2D eigenvalue weighted by atomic mass is 9.81. The lowest BCUT2D eigenvalue weighted by Gasteiger charge is -2.34. The van der Waals surface area contributed by atoms with Gasteiger partial charge in [-0.1, -0.05) is 11.4 Å². The van der Waals surface area contributed by atoms with E-state index in [0.717, 1.165) is 10.9 Å². The van der Waals surface area contributed by atoms with Gasteiger partial charge in [-0.05, 0) is 18.8 Å². The first-order chi connectivity index (χ1) is 5.36. The first-order valence-corrected chi connectivity index (χ1v) is 4.67. The van der Waals surface area contributed by atoms with Crippen LogP contribution in [-0.4, -0.2) is 15.6 Å². The highest BCUT2D eigenvalue weighted by molar-refractivity contribution is 7.09. The summed E-state index contributed by atoms with van der Waals surface area (Å²) in [5.41, 5.74) is 0. The molecule has 0 spiro atoms. The molecule has 11 heavy (non-hydrogen) atoms. The molecule has 3 nitrogen and oxygen atoms in total. The summed E-state index contributed by atoms with van der Waals surface area (Å²) in [5.74, 6) is 0.817. The summed E-state index contributed by atoms with van der Waals surface area (Å²) in [6.45, 7) is 2.27. The topological polar surface area (TPSA) is 37.8 Å². The normalized spacial score (nSPS) is 29.5. The molecule has 1 aromatic heterocycles. The Morgan fingerprint density at radius 3 is 3.00 bits per heavy atom. The van der Waals surface area contributed by atoms with Gasteiger partial charge in [0.1, 0.15) is 5.00 Å². The monoisotopic (exact) mass is 169 g/mol. The van der Waals surface area contributed by atoms with Crippen molar-refractivity contribution in [2.45, 2.75) is 25.8 Å². The Kier molecular flexibility index (Phi) is 1.77. The highest BCUT2D eigenvalue weighted by atomic mass is 32.1. The lowest BCUT2D eigenvalue weighted by molar-refractivity contribution is 0.304. The Bertz CT molecular complexity index is 222. The van der Waals surface area contributed by atoms with Gasteiger partial charge in [0, 0.05) is 17.6 Å². The third-order valence-corrected chi connectivity index (χ3v) is 2.90. The van der Waals surface area contributed by atoms with Crippen LogP contribution in [0.3, 0.4) is 0 Å². The Labute approximate surface area is 70.0 Å². The SMILES string of the molecule is CC1CCC1Nc1cnns1. The fourth-order valence-corrected chi connectivity index (χ4v) is 1.78. The van der Waals surface area contributed by atoms with E-state index >= 15 is 0 Å². The van der Waals surface area contributed by atoms with Crippen molar-refractivity contribution in [3.63, 3.8) is 0 Å². The molecule has 0 saturated heterocycles. The molecule has 2 unspecified atom stereocenters. The molecular weight excluding hydrogens is 158 g/mol. The molecule has 1 aliphatic rings. The molecule has 1 heterocycles. The van der Waals surface area contributed by atoms with Crippen LogP contribution in [0.1, 0.15) is 19.8 Å². The fourth-order valence-electron chi connectivity index (χ4n) is 1.29. The van der Waals surface area contributed by atoms with Crippen LogP contribution in [0.15, 0.2) is 6.20 Å². The maximum atomic E-state index is 3.79. The summed E-state index contributed by atoms with van der Waals surface area (Å²) in [6, 6.07) is 0.664. The second-order valence-corrected chi connectivity index (χ2v) is 3.87. The van der Waals surface area contributed by atoms with E-state index in [1.165, 1.54) is 24.4 Å². The average Bonchev–Trinajstić information content (AvgIpc) is 2.49. The molecule has 1 N–H and O–H groups in total. The van der Waals surface area contributed by atoms with Crippen molar-refractivity contribution in [1.29, 1.82) is 0 Å². The summed E-state index contributed by atoms with van der Waals surface area (Å²) in [7, 11) is 0. The zero-order valence-corrected chi connectivity index (χ0v) is 7.27. The van der Waals surface area contributed by atoms with E-state index in [1.54, 1.807) is 6.20 Å². The van der Waals surface area contributed by atoms with Crippen LogP contribution in [-0.2, 0) is 0 Å². The van der Waals surface area contributed by atoms with Crippen LogP contribution in [0.5, 0.6) is 0 Å². The van der Waals surface area contributed by atoms with E-state index in [0.29, 0.717) is 6.04 Å². The second-order valence-electron chi connectivity index (χ2n) is 3.09. The minimum absolute atomic E-state index is 0.664. The number of nitrogens with zero attached hydrogens (tertiary/aromatic N) is 2. The van der Waals surface area contributed by atoms with Crippen molar-refractivity contribution >= 4 is 16.5 Å². The van der Waals surface area contributed by atoms with Gasteiger partial charge in [-0.2, -0.15) is 0 Å². The average molecular weight is 169 g/mol. The number of hydrogen-bond donors (Lipinski definition) is 1. The van der Waals surface area contributed by atoms with Gasteiger partial charge >= 0.3 is 0 Å². The van der Waals surface area contributed by atoms with Gasteiger partial charge in [0.05, 0.1) is 6.20 Å². The zero-order valence-electron chi connectivity index (χ0n) is 6.45. The summed E-state index contributed by atoms with van der Waals surface area (Å²) in [6.07, 6.45) is 4.43. The highest BCUT2D eigenvalue weighted by Crippen LogP contribution is 2.30. The van der Waals surface area contributed by atoms with E-state index in [-0.39, 0.29) is 0 Å². The predicted molar refractivity (Wildman–Crippen MR) is 45.7 cm³/mol. The molecule has 2 rings (SSSR count). The molecule has 0 radical (unpaired) electrons. The van der Waals surface area contributed by atoms with E-state index in [1.807, 2.05) is 0 Å². The molecule has 0 aliphatic heterocycles. The quantitative estimate of drug-likeness (QED) is 0.733. The van der Waals surface area contributed by atoms with E-state index in [2.05, 4.69) is 21.8 Å². The van der Waals surface area contributed by atoms with Crippen molar-refractivity contribution in [1.82, 2.24) is 9.59 Å². The number of aromatic nitrogens is 2. The van der Waals surface area contributed by atoms with Crippen LogP contribution in [0.25, 0.3) is 0 Å². The number of rotatable bonds is 2. The van der Waals surface area contributed by atoms with E-state index in [4.69, 9.17) is 0 Å². The van der Waals surface area contributed by atoms with Crippen LogP contribution in [0, 0.1) is 5.92 Å². The largest absolute Gasteiger partial charge is 0.371 e. The molecule has 0 amide bonds. The molecule has 1 aromatic rings. The zero-order chi connectivity index (χ0) is 7.68. The van der Waals surface area contributed by atoms with E-state index in [9.17, 15) is 0 Å². The molecule has 0 bridgehead atoms. The molecule has 1 fully saturated rings. The van der Waals surface area contributed by atoms with Gasteiger partial charge in [-0.3, -0.25) is 0 Å². The fraction of sp³-hybridized carbons (Fsp3) is 0.714. The van der Waals surface area contributed by atoms with Crippen LogP contribution >= 0.6 is 11.5 Å². The number of hydrogen-bond acceptors (Lipinski definition) is 4. The lowest BCUT2D eigenvalue weighted by Crippen LogP contribution is -2.35. The van der Waals surface area contributed by atoms with Crippen molar-refractivity contribution in [2.24, 2.45) is 5.92 Å². The Morgan fingerprint density at radius 1 is 1.64 bits per heavy atom. The predicted octanol–water partition coefficient (Wildman–Crippen LogP) is 1.75.